The summed E-state index contributed by atoms with van der Waals surface area (Å²) >= 11 is 0. The standard InChI is InChI=1S/C17H17NO4S/c1-2-13-3-8-15(9-4-13)18-23(21,22)16-10-5-14(6-11-16)7-12-17(19)20/h3-12,18H,2H2,1H3,(H,19,20)/b12-7+. The lowest BCUT2D eigenvalue weighted by atomic mass is 10.2. The first kappa shape index (κ1) is 16.8. The highest BCUT2D eigenvalue weighted by Gasteiger charge is 2.13. The molecule has 0 heterocycles. The summed E-state index contributed by atoms with van der Waals surface area (Å²) in [6.07, 6.45) is 3.28. The molecule has 2 aromatic carbocycles. The zero-order valence-electron chi connectivity index (χ0n) is 12.6. The van der Waals surface area contributed by atoms with E-state index in [1.807, 2.05) is 19.1 Å². The lowest BCUT2D eigenvalue weighted by Gasteiger charge is -2.09. The molecule has 5 nitrogen and oxygen atoms in total. The number of rotatable bonds is 6. The summed E-state index contributed by atoms with van der Waals surface area (Å²) in [5.74, 6) is -1.06. The Morgan fingerprint density at radius 1 is 1.09 bits per heavy atom. The fourth-order valence-electron chi connectivity index (χ4n) is 1.95. The van der Waals surface area contributed by atoms with Crippen molar-refractivity contribution in [1.29, 1.82) is 0 Å². The maximum atomic E-state index is 12.3. The van der Waals surface area contributed by atoms with Gasteiger partial charge < -0.3 is 5.11 Å². The number of carboxylic acid groups (broad SMARTS) is 1. The Morgan fingerprint density at radius 3 is 2.22 bits per heavy atom. The third-order valence-corrected chi connectivity index (χ3v) is 4.62. The number of benzene rings is 2. The summed E-state index contributed by atoms with van der Waals surface area (Å²) in [6, 6.07) is 13.2. The van der Waals surface area contributed by atoms with Gasteiger partial charge in [0.05, 0.1) is 4.90 Å². The molecule has 0 spiro atoms. The molecule has 0 radical (unpaired) electrons. The number of anilines is 1. The van der Waals surface area contributed by atoms with Crippen LogP contribution in [0.4, 0.5) is 5.69 Å². The van der Waals surface area contributed by atoms with Gasteiger partial charge in [0.25, 0.3) is 10.0 Å². The molecule has 0 fully saturated rings. The topological polar surface area (TPSA) is 83.5 Å². The number of carboxylic acids is 1. The van der Waals surface area contributed by atoms with Gasteiger partial charge in [-0.15, -0.1) is 0 Å². The number of nitrogens with one attached hydrogen (secondary N) is 1. The molecule has 0 aliphatic carbocycles. The van der Waals surface area contributed by atoms with E-state index in [0.29, 0.717) is 11.3 Å². The molecule has 0 atom stereocenters. The molecule has 0 amide bonds. The number of hydrogen-bond donors (Lipinski definition) is 2. The normalized spacial score (nSPS) is 11.5. The average molecular weight is 331 g/mol. The molecular formula is C17H17NO4S. The molecular weight excluding hydrogens is 314 g/mol. The van der Waals surface area contributed by atoms with Crippen LogP contribution in [0.1, 0.15) is 18.1 Å². The van der Waals surface area contributed by atoms with Gasteiger partial charge in [-0.2, -0.15) is 0 Å². The Morgan fingerprint density at radius 2 is 1.70 bits per heavy atom. The SMILES string of the molecule is CCc1ccc(NS(=O)(=O)c2ccc(/C=C/C(=O)O)cc2)cc1. The smallest absolute Gasteiger partial charge is 0.328 e. The van der Waals surface area contributed by atoms with Gasteiger partial charge in [0, 0.05) is 11.8 Å². The number of aliphatic carboxylic acids is 1. The molecule has 0 aromatic heterocycles. The first-order chi connectivity index (χ1) is 10.9. The van der Waals surface area contributed by atoms with Crippen molar-refractivity contribution in [1.82, 2.24) is 0 Å². The summed E-state index contributed by atoms with van der Waals surface area (Å²) in [5.41, 5.74) is 2.23. The van der Waals surface area contributed by atoms with E-state index < -0.39 is 16.0 Å². The third-order valence-electron chi connectivity index (χ3n) is 3.22. The predicted octanol–water partition coefficient (Wildman–Crippen LogP) is 3.15. The van der Waals surface area contributed by atoms with Crippen molar-refractivity contribution in [3.63, 3.8) is 0 Å². The second kappa shape index (κ2) is 7.11. The maximum absolute atomic E-state index is 12.3. The van der Waals surface area contributed by atoms with Gasteiger partial charge >= 0.3 is 5.97 Å². The van der Waals surface area contributed by atoms with Crippen LogP contribution in [0.2, 0.25) is 0 Å². The van der Waals surface area contributed by atoms with Crippen molar-refractivity contribution in [2.45, 2.75) is 18.2 Å². The van der Waals surface area contributed by atoms with Crippen molar-refractivity contribution in [3.05, 3.63) is 65.7 Å². The third kappa shape index (κ3) is 4.69. The summed E-state index contributed by atoms with van der Waals surface area (Å²) in [6.45, 7) is 2.03. The van der Waals surface area contributed by atoms with Crippen LogP contribution in [0, 0.1) is 0 Å². The van der Waals surface area contributed by atoms with E-state index in [1.165, 1.54) is 18.2 Å². The quantitative estimate of drug-likeness (QED) is 0.797. The molecule has 0 bridgehead atoms. The lowest BCUT2D eigenvalue weighted by molar-refractivity contribution is -0.131. The molecule has 0 unspecified atom stereocenters. The summed E-state index contributed by atoms with van der Waals surface area (Å²) in [5, 5.41) is 8.57. The molecule has 120 valence electrons. The highest BCUT2D eigenvalue weighted by molar-refractivity contribution is 7.92. The first-order valence-corrected chi connectivity index (χ1v) is 8.52. The maximum Gasteiger partial charge on any atom is 0.328 e. The van der Waals surface area contributed by atoms with Gasteiger partial charge in [0.1, 0.15) is 0 Å². The summed E-state index contributed by atoms with van der Waals surface area (Å²) in [7, 11) is -3.67. The molecule has 6 heteroatoms. The highest BCUT2D eigenvalue weighted by Crippen LogP contribution is 2.18. The minimum absolute atomic E-state index is 0.115. The van der Waals surface area contributed by atoms with E-state index in [-0.39, 0.29) is 4.90 Å². The Bertz CT molecular complexity index is 807. The highest BCUT2D eigenvalue weighted by atomic mass is 32.2. The number of carbonyl (C=O) groups is 1. The Balaban J connectivity index is 2.16. The van der Waals surface area contributed by atoms with Crippen LogP contribution in [-0.2, 0) is 21.2 Å². The molecule has 2 rings (SSSR count). The summed E-state index contributed by atoms with van der Waals surface area (Å²) in [4.78, 5) is 10.6. The van der Waals surface area contributed by atoms with E-state index in [0.717, 1.165) is 18.1 Å². The number of sulfonamides is 1. The molecule has 0 saturated heterocycles. The second-order valence-corrected chi connectivity index (χ2v) is 6.58. The number of aryl methyl sites for hydroxylation is 1. The van der Waals surface area contributed by atoms with Crippen molar-refractivity contribution in [3.8, 4) is 0 Å². The molecule has 0 aliphatic heterocycles. The van der Waals surface area contributed by atoms with Crippen LogP contribution >= 0.6 is 0 Å². The monoisotopic (exact) mass is 331 g/mol. The van der Waals surface area contributed by atoms with Gasteiger partial charge in [-0.3, -0.25) is 4.72 Å². The van der Waals surface area contributed by atoms with Gasteiger partial charge in [0.15, 0.2) is 0 Å². The van der Waals surface area contributed by atoms with Crippen LogP contribution in [0.25, 0.3) is 6.08 Å². The zero-order valence-corrected chi connectivity index (χ0v) is 13.4. The molecule has 2 N–H and O–H groups in total. The Labute approximate surface area is 135 Å². The van der Waals surface area contributed by atoms with Gasteiger partial charge in [0.2, 0.25) is 0 Å². The zero-order chi connectivity index (χ0) is 16.9. The Kier molecular flexibility index (Phi) is 5.18. The molecule has 0 saturated carbocycles. The van der Waals surface area contributed by atoms with Crippen LogP contribution < -0.4 is 4.72 Å². The van der Waals surface area contributed by atoms with Gasteiger partial charge in [-0.1, -0.05) is 31.2 Å². The predicted molar refractivity (Wildman–Crippen MR) is 89.7 cm³/mol. The van der Waals surface area contributed by atoms with E-state index in [1.54, 1.807) is 24.3 Å². The average Bonchev–Trinajstić information content (AvgIpc) is 2.53. The molecule has 23 heavy (non-hydrogen) atoms. The minimum Gasteiger partial charge on any atom is -0.478 e. The second-order valence-electron chi connectivity index (χ2n) is 4.90. The van der Waals surface area contributed by atoms with Gasteiger partial charge in [-0.25, -0.2) is 13.2 Å². The van der Waals surface area contributed by atoms with Crippen molar-refractivity contribution < 1.29 is 18.3 Å². The van der Waals surface area contributed by atoms with E-state index >= 15 is 0 Å². The van der Waals surface area contributed by atoms with E-state index in [4.69, 9.17) is 5.11 Å². The lowest BCUT2D eigenvalue weighted by Crippen LogP contribution is -2.12. The van der Waals surface area contributed by atoms with Crippen LogP contribution in [-0.4, -0.2) is 19.5 Å². The van der Waals surface area contributed by atoms with Crippen molar-refractivity contribution >= 4 is 27.8 Å². The van der Waals surface area contributed by atoms with Crippen molar-refractivity contribution in [2.24, 2.45) is 0 Å². The van der Waals surface area contributed by atoms with Crippen LogP contribution in [0.5, 0.6) is 0 Å². The first-order valence-electron chi connectivity index (χ1n) is 7.03. The van der Waals surface area contributed by atoms with Crippen LogP contribution in [0.3, 0.4) is 0 Å². The largest absolute Gasteiger partial charge is 0.478 e. The van der Waals surface area contributed by atoms with Gasteiger partial charge in [-0.05, 0) is 47.9 Å². The molecule has 2 aromatic rings. The minimum atomic E-state index is -3.67. The fraction of sp³-hybridized carbons (Fsp3) is 0.118. The van der Waals surface area contributed by atoms with Crippen molar-refractivity contribution in [2.75, 3.05) is 4.72 Å². The molecule has 0 aliphatic rings. The van der Waals surface area contributed by atoms with Crippen LogP contribution in [0.15, 0.2) is 59.5 Å². The number of hydrogen-bond acceptors (Lipinski definition) is 3. The summed E-state index contributed by atoms with van der Waals surface area (Å²) < 4.78 is 27.1. The van der Waals surface area contributed by atoms with E-state index in [2.05, 4.69) is 4.72 Å². The van der Waals surface area contributed by atoms with E-state index in [9.17, 15) is 13.2 Å². The fourth-order valence-corrected chi connectivity index (χ4v) is 3.01. The Hall–Kier alpha value is -2.60.